The zero-order valence-corrected chi connectivity index (χ0v) is 17.0. The number of sulfonamides is 1. The van der Waals surface area contributed by atoms with Gasteiger partial charge in [-0.1, -0.05) is 25.7 Å². The molecular formula is C16H28ClN3O3S2. The Hall–Kier alpha value is -0.670. The van der Waals surface area contributed by atoms with Crippen LogP contribution in [-0.2, 0) is 21.4 Å². The summed E-state index contributed by atoms with van der Waals surface area (Å²) in [6.07, 6.45) is 7.51. The van der Waals surface area contributed by atoms with Crippen molar-refractivity contribution in [2.24, 2.45) is 0 Å². The predicted octanol–water partition coefficient (Wildman–Crippen LogP) is 2.40. The van der Waals surface area contributed by atoms with Gasteiger partial charge in [0.1, 0.15) is 4.21 Å². The van der Waals surface area contributed by atoms with Crippen molar-refractivity contribution in [3.63, 3.8) is 0 Å². The molecule has 1 aromatic rings. The predicted molar refractivity (Wildman–Crippen MR) is 104 cm³/mol. The highest BCUT2D eigenvalue weighted by atomic mass is 35.5. The maximum Gasteiger partial charge on any atom is 0.250 e. The second kappa shape index (κ2) is 11.1. The van der Waals surface area contributed by atoms with Crippen LogP contribution in [0.15, 0.2) is 16.3 Å². The first-order valence-corrected chi connectivity index (χ1v) is 10.8. The molecule has 1 saturated carbocycles. The number of amides is 1. The largest absolute Gasteiger partial charge is 0.351 e. The molecule has 6 nitrogen and oxygen atoms in total. The first-order valence-electron chi connectivity index (χ1n) is 8.53. The highest BCUT2D eigenvalue weighted by Gasteiger charge is 2.17. The molecule has 25 heavy (non-hydrogen) atoms. The van der Waals surface area contributed by atoms with E-state index in [9.17, 15) is 13.2 Å². The van der Waals surface area contributed by atoms with Gasteiger partial charge in [0.15, 0.2) is 0 Å². The van der Waals surface area contributed by atoms with E-state index in [4.69, 9.17) is 0 Å². The van der Waals surface area contributed by atoms with Gasteiger partial charge in [-0.2, -0.15) is 0 Å². The van der Waals surface area contributed by atoms with Crippen LogP contribution < -0.4 is 15.4 Å². The average molecular weight is 410 g/mol. The Morgan fingerprint density at radius 3 is 2.48 bits per heavy atom. The quantitative estimate of drug-likeness (QED) is 0.454. The zero-order chi connectivity index (χ0) is 17.4. The van der Waals surface area contributed by atoms with Gasteiger partial charge in [-0.3, -0.25) is 4.79 Å². The second-order valence-electron chi connectivity index (χ2n) is 6.17. The van der Waals surface area contributed by atoms with E-state index in [1.54, 1.807) is 12.1 Å². The molecule has 9 heteroatoms. The van der Waals surface area contributed by atoms with Gasteiger partial charge in [0, 0.05) is 30.9 Å². The topological polar surface area (TPSA) is 87.3 Å². The Labute approximate surface area is 160 Å². The van der Waals surface area contributed by atoms with E-state index in [0.717, 1.165) is 4.88 Å². The van der Waals surface area contributed by atoms with Crippen molar-refractivity contribution in [2.45, 2.75) is 62.2 Å². The minimum absolute atomic E-state index is 0. The first-order chi connectivity index (χ1) is 11.5. The molecule has 2 rings (SSSR count). The van der Waals surface area contributed by atoms with Crippen LogP contribution in [0.2, 0.25) is 0 Å². The zero-order valence-electron chi connectivity index (χ0n) is 14.5. The lowest BCUT2D eigenvalue weighted by molar-refractivity contribution is -0.119. The normalized spacial score (nSPS) is 16.0. The fourth-order valence-electron chi connectivity index (χ4n) is 2.83. The van der Waals surface area contributed by atoms with Crippen molar-refractivity contribution in [1.29, 1.82) is 0 Å². The van der Waals surface area contributed by atoms with Crippen molar-refractivity contribution < 1.29 is 13.2 Å². The summed E-state index contributed by atoms with van der Waals surface area (Å²) in [7, 11) is -3.47. The molecule has 1 aliphatic carbocycles. The number of hydrogen-bond donors (Lipinski definition) is 3. The Bertz CT molecular complexity index is 626. The van der Waals surface area contributed by atoms with Gasteiger partial charge < -0.3 is 10.6 Å². The van der Waals surface area contributed by atoms with Crippen molar-refractivity contribution in [2.75, 3.05) is 13.1 Å². The lowest BCUT2D eigenvalue weighted by Gasteiger charge is -2.16. The van der Waals surface area contributed by atoms with E-state index in [1.165, 1.54) is 56.8 Å². The summed E-state index contributed by atoms with van der Waals surface area (Å²) in [5.41, 5.74) is 0. The molecule has 0 aliphatic heterocycles. The van der Waals surface area contributed by atoms with E-state index in [2.05, 4.69) is 15.4 Å². The van der Waals surface area contributed by atoms with Crippen molar-refractivity contribution in [3.05, 3.63) is 17.0 Å². The number of halogens is 1. The van der Waals surface area contributed by atoms with Gasteiger partial charge in [-0.05, 0) is 25.0 Å². The summed E-state index contributed by atoms with van der Waals surface area (Å²) in [4.78, 5) is 11.7. The first kappa shape index (κ1) is 22.4. The van der Waals surface area contributed by atoms with Crippen LogP contribution in [0.25, 0.3) is 0 Å². The van der Waals surface area contributed by atoms with Crippen molar-refractivity contribution >= 4 is 39.7 Å². The van der Waals surface area contributed by atoms with Crippen LogP contribution in [0.5, 0.6) is 0 Å². The third-order valence-electron chi connectivity index (χ3n) is 4.12. The summed E-state index contributed by atoms with van der Waals surface area (Å²) in [5.74, 6) is -0.129. The molecule has 1 aromatic heterocycles. The van der Waals surface area contributed by atoms with E-state index >= 15 is 0 Å². The Morgan fingerprint density at radius 1 is 1.16 bits per heavy atom. The monoisotopic (exact) mass is 409 g/mol. The summed E-state index contributed by atoms with van der Waals surface area (Å²) < 4.78 is 27.5. The number of hydrogen-bond acceptors (Lipinski definition) is 5. The lowest BCUT2D eigenvalue weighted by atomic mass is 10.1. The molecule has 1 amide bonds. The van der Waals surface area contributed by atoms with Crippen LogP contribution in [0.4, 0.5) is 0 Å². The summed E-state index contributed by atoms with van der Waals surface area (Å²) >= 11 is 1.19. The number of rotatable bonds is 8. The minimum atomic E-state index is -3.47. The minimum Gasteiger partial charge on any atom is -0.351 e. The lowest BCUT2D eigenvalue weighted by Crippen LogP contribution is -2.36. The van der Waals surface area contributed by atoms with E-state index in [0.29, 0.717) is 25.7 Å². The number of carbonyl (C=O) groups excluding carboxylic acids is 1. The van der Waals surface area contributed by atoms with Gasteiger partial charge in [0.2, 0.25) is 15.9 Å². The van der Waals surface area contributed by atoms with Gasteiger partial charge >= 0.3 is 0 Å². The molecule has 3 N–H and O–H groups in total. The highest BCUT2D eigenvalue weighted by Crippen LogP contribution is 2.21. The van der Waals surface area contributed by atoms with Crippen LogP contribution in [0.1, 0.15) is 50.3 Å². The second-order valence-corrected chi connectivity index (χ2v) is 9.33. The van der Waals surface area contributed by atoms with Crippen LogP contribution in [0, 0.1) is 0 Å². The Morgan fingerprint density at radius 2 is 1.84 bits per heavy atom. The highest BCUT2D eigenvalue weighted by molar-refractivity contribution is 7.91. The van der Waals surface area contributed by atoms with Crippen molar-refractivity contribution in [1.82, 2.24) is 15.4 Å². The molecule has 0 radical (unpaired) electrons. The fourth-order valence-corrected chi connectivity index (χ4v) is 5.20. The number of nitrogens with one attached hydrogen (secondary N) is 3. The van der Waals surface area contributed by atoms with Crippen molar-refractivity contribution in [3.8, 4) is 0 Å². The standard InChI is InChI=1S/C16H27N3O3S2.ClH/c1-13(20)18-12-15-8-9-16(23-15)24(21,22)19-11-10-17-14-6-4-2-3-5-7-14;/h8-9,14,17,19H,2-7,10-12H2,1H3,(H,18,20);1H. The van der Waals surface area contributed by atoms with Crippen LogP contribution in [0.3, 0.4) is 0 Å². The summed E-state index contributed by atoms with van der Waals surface area (Å²) in [5, 5.41) is 6.12. The summed E-state index contributed by atoms with van der Waals surface area (Å²) in [6.45, 7) is 2.83. The molecule has 0 atom stereocenters. The molecule has 1 aliphatic rings. The van der Waals surface area contributed by atoms with E-state index < -0.39 is 10.0 Å². The molecule has 0 spiro atoms. The smallest absolute Gasteiger partial charge is 0.250 e. The SMILES string of the molecule is CC(=O)NCc1ccc(S(=O)(=O)NCCNC2CCCCCC2)s1.Cl. The number of thiophene rings is 1. The molecule has 0 bridgehead atoms. The summed E-state index contributed by atoms with van der Waals surface area (Å²) in [6, 6.07) is 3.84. The average Bonchev–Trinajstić information content (AvgIpc) is 2.87. The molecule has 144 valence electrons. The van der Waals surface area contributed by atoms with E-state index in [-0.39, 0.29) is 22.5 Å². The Kier molecular flexibility index (Phi) is 9.96. The van der Waals surface area contributed by atoms with Crippen LogP contribution >= 0.6 is 23.7 Å². The van der Waals surface area contributed by atoms with Gasteiger partial charge in [0.05, 0.1) is 6.54 Å². The molecule has 1 heterocycles. The van der Waals surface area contributed by atoms with Gasteiger partial charge in [0.25, 0.3) is 0 Å². The third-order valence-corrected chi connectivity index (χ3v) is 7.16. The molecule has 0 aromatic carbocycles. The maximum atomic E-state index is 12.3. The third kappa shape index (κ3) is 8.04. The van der Waals surface area contributed by atoms with Crippen LogP contribution in [-0.4, -0.2) is 33.5 Å². The maximum absolute atomic E-state index is 12.3. The van der Waals surface area contributed by atoms with Gasteiger partial charge in [-0.15, -0.1) is 23.7 Å². The van der Waals surface area contributed by atoms with E-state index in [1.807, 2.05) is 0 Å². The number of carbonyl (C=O) groups is 1. The molecule has 0 unspecified atom stereocenters. The fraction of sp³-hybridized carbons (Fsp3) is 0.688. The Balaban J connectivity index is 0.00000312. The molecule has 1 fully saturated rings. The molecular weight excluding hydrogens is 382 g/mol. The van der Waals surface area contributed by atoms with Gasteiger partial charge in [-0.25, -0.2) is 13.1 Å². The molecule has 0 saturated heterocycles.